The van der Waals surface area contributed by atoms with Crippen LogP contribution < -0.4 is 10.1 Å². The van der Waals surface area contributed by atoms with Crippen molar-refractivity contribution in [3.63, 3.8) is 0 Å². The van der Waals surface area contributed by atoms with Gasteiger partial charge in [0.15, 0.2) is 0 Å². The van der Waals surface area contributed by atoms with E-state index >= 15 is 0 Å². The van der Waals surface area contributed by atoms with Crippen molar-refractivity contribution in [2.24, 2.45) is 5.41 Å². The maximum absolute atomic E-state index is 13.5. The number of nitrogens with zero attached hydrogens (tertiary/aromatic N) is 1. The standard InChI is InChI=1S/C27H26ClF3N2O2/c28-23-15-22(27(29,30)31)18-33-24(23)35-14-6-13-32-25(34)26(16-19-7-2-1-3-8-19)12-11-20-9-4-5-10-21(20)17-26/h1-5,7-10,15,18H,6,11-14,16-17H2,(H,32,34). The van der Waals surface area contributed by atoms with Gasteiger partial charge in [-0.15, -0.1) is 0 Å². The lowest BCUT2D eigenvalue weighted by molar-refractivity contribution is -0.137. The molecular formula is C27H26ClF3N2O2. The summed E-state index contributed by atoms with van der Waals surface area (Å²) in [6, 6.07) is 19.1. The number of fused-ring (bicyclic) bond motifs is 1. The number of halogens is 4. The quantitative estimate of drug-likeness (QED) is 0.381. The van der Waals surface area contributed by atoms with Gasteiger partial charge >= 0.3 is 6.18 Å². The maximum atomic E-state index is 13.5. The van der Waals surface area contributed by atoms with Crippen LogP contribution in [-0.2, 0) is 30.2 Å². The van der Waals surface area contributed by atoms with Crippen LogP contribution in [0.5, 0.6) is 5.88 Å². The summed E-state index contributed by atoms with van der Waals surface area (Å²) in [7, 11) is 0. The highest BCUT2D eigenvalue weighted by atomic mass is 35.5. The number of nitrogens with one attached hydrogen (secondary N) is 1. The topological polar surface area (TPSA) is 51.2 Å². The second-order valence-electron chi connectivity index (χ2n) is 8.85. The molecule has 4 nitrogen and oxygen atoms in total. The number of ether oxygens (including phenoxy) is 1. The van der Waals surface area contributed by atoms with E-state index in [1.54, 1.807) is 0 Å². The van der Waals surface area contributed by atoms with Crippen LogP contribution in [0.15, 0.2) is 66.9 Å². The zero-order chi connectivity index (χ0) is 24.9. The predicted molar refractivity (Wildman–Crippen MR) is 128 cm³/mol. The second-order valence-corrected chi connectivity index (χ2v) is 9.26. The molecule has 0 bridgehead atoms. The molecule has 1 aliphatic rings. The number of alkyl halides is 3. The molecule has 0 spiro atoms. The second kappa shape index (κ2) is 10.7. The van der Waals surface area contributed by atoms with Crippen LogP contribution in [0, 0.1) is 5.41 Å². The first-order chi connectivity index (χ1) is 16.8. The van der Waals surface area contributed by atoms with Crippen LogP contribution in [0.1, 0.15) is 35.1 Å². The minimum Gasteiger partial charge on any atom is -0.477 e. The Morgan fingerprint density at radius 3 is 2.51 bits per heavy atom. The number of benzene rings is 2. The Kier molecular flexibility index (Phi) is 7.65. The van der Waals surface area contributed by atoms with Crippen molar-refractivity contribution in [1.82, 2.24) is 10.3 Å². The zero-order valence-electron chi connectivity index (χ0n) is 19.1. The van der Waals surface area contributed by atoms with Crippen LogP contribution in [0.2, 0.25) is 5.02 Å². The lowest BCUT2D eigenvalue weighted by Crippen LogP contribution is -2.46. The van der Waals surface area contributed by atoms with Gasteiger partial charge in [0, 0.05) is 12.7 Å². The van der Waals surface area contributed by atoms with Crippen molar-refractivity contribution in [3.05, 3.63) is 94.1 Å². The Morgan fingerprint density at radius 2 is 1.80 bits per heavy atom. The minimum atomic E-state index is -4.52. The number of pyridine rings is 1. The van der Waals surface area contributed by atoms with E-state index in [1.165, 1.54) is 11.1 Å². The molecule has 35 heavy (non-hydrogen) atoms. The Bertz CT molecular complexity index is 1170. The Hall–Kier alpha value is -3.06. The molecule has 0 aliphatic heterocycles. The summed E-state index contributed by atoms with van der Waals surface area (Å²) in [5.74, 6) is -0.0584. The number of amides is 1. The van der Waals surface area contributed by atoms with Crippen LogP contribution in [0.4, 0.5) is 13.2 Å². The molecule has 1 amide bonds. The average molecular weight is 503 g/mol. The van der Waals surface area contributed by atoms with Crippen molar-refractivity contribution >= 4 is 17.5 Å². The smallest absolute Gasteiger partial charge is 0.417 e. The summed E-state index contributed by atoms with van der Waals surface area (Å²) in [6.07, 6.45) is -0.445. The van der Waals surface area contributed by atoms with E-state index in [1.807, 2.05) is 42.5 Å². The molecule has 2 aromatic carbocycles. The van der Waals surface area contributed by atoms with Crippen LogP contribution in [-0.4, -0.2) is 24.0 Å². The number of carbonyl (C=O) groups is 1. The molecule has 1 atom stereocenters. The fourth-order valence-electron chi connectivity index (χ4n) is 4.53. The molecule has 1 unspecified atom stereocenters. The van der Waals surface area contributed by atoms with Gasteiger partial charge in [0.2, 0.25) is 11.8 Å². The summed E-state index contributed by atoms with van der Waals surface area (Å²) in [4.78, 5) is 17.1. The molecule has 184 valence electrons. The molecule has 0 saturated carbocycles. The first-order valence-corrected chi connectivity index (χ1v) is 11.9. The van der Waals surface area contributed by atoms with E-state index in [0.29, 0.717) is 32.0 Å². The first-order valence-electron chi connectivity index (χ1n) is 11.5. The molecule has 1 aromatic heterocycles. The molecule has 1 heterocycles. The molecule has 1 aliphatic carbocycles. The average Bonchev–Trinajstić information content (AvgIpc) is 2.84. The summed E-state index contributed by atoms with van der Waals surface area (Å²) >= 11 is 5.88. The van der Waals surface area contributed by atoms with Gasteiger partial charge in [0.05, 0.1) is 17.6 Å². The van der Waals surface area contributed by atoms with Crippen molar-refractivity contribution in [2.75, 3.05) is 13.2 Å². The summed E-state index contributed by atoms with van der Waals surface area (Å²) in [6.45, 7) is 0.530. The monoisotopic (exact) mass is 502 g/mol. The Balaban J connectivity index is 1.36. The van der Waals surface area contributed by atoms with E-state index < -0.39 is 17.2 Å². The van der Waals surface area contributed by atoms with Gasteiger partial charge in [-0.05, 0) is 54.9 Å². The molecule has 3 aromatic rings. The molecule has 4 rings (SSSR count). The van der Waals surface area contributed by atoms with Gasteiger partial charge in [-0.3, -0.25) is 4.79 Å². The number of carbonyl (C=O) groups excluding carboxylic acids is 1. The SMILES string of the molecule is O=C(NCCCOc1ncc(C(F)(F)F)cc1Cl)C1(Cc2ccccc2)CCc2ccccc2C1. The van der Waals surface area contributed by atoms with Crippen molar-refractivity contribution in [2.45, 2.75) is 38.3 Å². The summed E-state index contributed by atoms with van der Waals surface area (Å²) < 4.78 is 43.7. The zero-order valence-corrected chi connectivity index (χ0v) is 19.8. The number of aromatic nitrogens is 1. The minimum absolute atomic E-state index is 0.00143. The first kappa shape index (κ1) is 25.0. The van der Waals surface area contributed by atoms with Gasteiger partial charge in [-0.1, -0.05) is 66.2 Å². The van der Waals surface area contributed by atoms with Gasteiger partial charge in [-0.25, -0.2) is 4.98 Å². The molecule has 1 N–H and O–H groups in total. The van der Waals surface area contributed by atoms with E-state index in [0.717, 1.165) is 24.5 Å². The highest BCUT2D eigenvalue weighted by Gasteiger charge is 2.41. The van der Waals surface area contributed by atoms with Crippen LogP contribution in [0.3, 0.4) is 0 Å². The van der Waals surface area contributed by atoms with E-state index in [-0.39, 0.29) is 23.4 Å². The van der Waals surface area contributed by atoms with Gasteiger partial charge in [0.1, 0.15) is 5.02 Å². The third-order valence-electron chi connectivity index (χ3n) is 6.37. The molecule has 0 radical (unpaired) electrons. The number of rotatable bonds is 8. The van der Waals surface area contributed by atoms with Gasteiger partial charge in [0.25, 0.3) is 0 Å². The molecule has 0 fully saturated rings. The number of aryl methyl sites for hydroxylation is 1. The van der Waals surface area contributed by atoms with Gasteiger partial charge < -0.3 is 10.1 Å². The largest absolute Gasteiger partial charge is 0.477 e. The van der Waals surface area contributed by atoms with Crippen molar-refractivity contribution in [1.29, 1.82) is 0 Å². The maximum Gasteiger partial charge on any atom is 0.417 e. The fraction of sp³-hybridized carbons (Fsp3) is 0.333. The lowest BCUT2D eigenvalue weighted by Gasteiger charge is -2.37. The molecule has 8 heteroatoms. The Morgan fingerprint density at radius 1 is 1.09 bits per heavy atom. The normalized spacial score (nSPS) is 17.5. The number of hydrogen-bond donors (Lipinski definition) is 1. The Labute approximate surface area is 207 Å². The molecule has 0 saturated heterocycles. The number of hydrogen-bond acceptors (Lipinski definition) is 3. The highest BCUT2D eigenvalue weighted by Crippen LogP contribution is 2.39. The van der Waals surface area contributed by atoms with Crippen LogP contribution in [0.25, 0.3) is 0 Å². The summed E-state index contributed by atoms with van der Waals surface area (Å²) in [5, 5.41) is 2.85. The fourth-order valence-corrected chi connectivity index (χ4v) is 4.75. The van der Waals surface area contributed by atoms with Crippen molar-refractivity contribution in [3.8, 4) is 5.88 Å². The van der Waals surface area contributed by atoms with E-state index in [4.69, 9.17) is 16.3 Å². The van der Waals surface area contributed by atoms with E-state index in [9.17, 15) is 18.0 Å². The molecular weight excluding hydrogens is 477 g/mol. The van der Waals surface area contributed by atoms with Crippen molar-refractivity contribution < 1.29 is 22.7 Å². The third kappa shape index (κ3) is 6.14. The third-order valence-corrected chi connectivity index (χ3v) is 6.64. The van der Waals surface area contributed by atoms with Crippen LogP contribution >= 0.6 is 11.6 Å². The lowest BCUT2D eigenvalue weighted by atomic mass is 9.67. The summed E-state index contributed by atoms with van der Waals surface area (Å²) in [5.41, 5.74) is 2.14. The van der Waals surface area contributed by atoms with E-state index in [2.05, 4.69) is 22.4 Å². The highest BCUT2D eigenvalue weighted by molar-refractivity contribution is 6.31. The van der Waals surface area contributed by atoms with Gasteiger partial charge in [-0.2, -0.15) is 13.2 Å². The predicted octanol–water partition coefficient (Wildman–Crippen LogP) is 6.06.